The molecule has 18 heavy (non-hydrogen) atoms. The van der Waals surface area contributed by atoms with Crippen molar-refractivity contribution < 1.29 is 0 Å². The summed E-state index contributed by atoms with van der Waals surface area (Å²) in [6.45, 7) is 8.55. The topological polar surface area (TPSA) is 72.9 Å². The Kier molecular flexibility index (Phi) is 4.09. The van der Waals surface area contributed by atoms with Gasteiger partial charge in [0.25, 0.3) is 0 Å². The SMILES string of the molecule is CCN(CC)CCCn1cnc2c(N)ncnc21. The van der Waals surface area contributed by atoms with Gasteiger partial charge in [-0.1, -0.05) is 13.8 Å². The lowest BCUT2D eigenvalue weighted by atomic mass is 10.3. The molecule has 0 bridgehead atoms. The van der Waals surface area contributed by atoms with Crippen LogP contribution >= 0.6 is 0 Å². The summed E-state index contributed by atoms with van der Waals surface area (Å²) < 4.78 is 2.04. The molecular weight excluding hydrogens is 228 g/mol. The molecule has 0 amide bonds. The number of imidazole rings is 1. The van der Waals surface area contributed by atoms with Crippen LogP contribution in [0.4, 0.5) is 5.82 Å². The minimum Gasteiger partial charge on any atom is -0.382 e. The molecule has 0 spiro atoms. The second kappa shape index (κ2) is 5.77. The standard InChI is InChI=1S/C12H20N6/c1-3-17(4-2)6-5-7-18-9-16-10-11(13)14-8-15-12(10)18/h8-9H,3-7H2,1-2H3,(H2,13,14,15). The molecule has 98 valence electrons. The smallest absolute Gasteiger partial charge is 0.165 e. The summed E-state index contributed by atoms with van der Waals surface area (Å²) in [6.07, 6.45) is 4.36. The number of nitrogens with two attached hydrogens (primary N) is 1. The van der Waals surface area contributed by atoms with E-state index in [1.54, 1.807) is 6.33 Å². The number of rotatable bonds is 6. The number of nitrogen functional groups attached to an aromatic ring is 1. The first kappa shape index (κ1) is 12.8. The summed E-state index contributed by atoms with van der Waals surface area (Å²) >= 11 is 0. The van der Waals surface area contributed by atoms with Crippen LogP contribution in [0.5, 0.6) is 0 Å². The second-order valence-corrected chi connectivity index (χ2v) is 4.25. The Bertz CT molecular complexity index is 502. The number of anilines is 1. The average molecular weight is 248 g/mol. The minimum absolute atomic E-state index is 0.447. The van der Waals surface area contributed by atoms with E-state index in [0.29, 0.717) is 11.3 Å². The molecule has 6 heteroatoms. The Hall–Kier alpha value is -1.69. The zero-order chi connectivity index (χ0) is 13.0. The second-order valence-electron chi connectivity index (χ2n) is 4.25. The number of aryl methyl sites for hydroxylation is 1. The fourth-order valence-electron chi connectivity index (χ4n) is 2.07. The van der Waals surface area contributed by atoms with Gasteiger partial charge in [-0.3, -0.25) is 0 Å². The van der Waals surface area contributed by atoms with Crippen LogP contribution in [0.1, 0.15) is 20.3 Å². The van der Waals surface area contributed by atoms with Gasteiger partial charge >= 0.3 is 0 Å². The van der Waals surface area contributed by atoms with Crippen LogP contribution in [0, 0.1) is 0 Å². The fraction of sp³-hybridized carbons (Fsp3) is 0.583. The van der Waals surface area contributed by atoms with Crippen molar-refractivity contribution in [3.05, 3.63) is 12.7 Å². The van der Waals surface area contributed by atoms with Crippen LogP contribution in [0.2, 0.25) is 0 Å². The molecule has 0 fully saturated rings. The van der Waals surface area contributed by atoms with Gasteiger partial charge in [0.1, 0.15) is 11.8 Å². The summed E-state index contributed by atoms with van der Waals surface area (Å²) in [6, 6.07) is 0. The molecule has 2 aromatic heterocycles. The zero-order valence-electron chi connectivity index (χ0n) is 11.0. The number of fused-ring (bicyclic) bond motifs is 1. The molecule has 0 radical (unpaired) electrons. The van der Waals surface area contributed by atoms with Crippen molar-refractivity contribution >= 4 is 17.0 Å². The van der Waals surface area contributed by atoms with Gasteiger partial charge in [-0.15, -0.1) is 0 Å². The summed E-state index contributed by atoms with van der Waals surface area (Å²) in [5, 5.41) is 0. The highest BCUT2D eigenvalue weighted by Crippen LogP contribution is 2.14. The van der Waals surface area contributed by atoms with Crippen LogP contribution in [-0.4, -0.2) is 44.1 Å². The summed E-state index contributed by atoms with van der Waals surface area (Å²) in [5.74, 6) is 0.447. The Labute approximate surface area is 107 Å². The van der Waals surface area contributed by atoms with Crippen LogP contribution in [0.25, 0.3) is 11.2 Å². The molecule has 0 atom stereocenters. The maximum absolute atomic E-state index is 5.75. The monoisotopic (exact) mass is 248 g/mol. The van der Waals surface area contributed by atoms with Crippen molar-refractivity contribution in [2.24, 2.45) is 0 Å². The molecule has 2 rings (SSSR count). The van der Waals surface area contributed by atoms with Crippen molar-refractivity contribution in [1.82, 2.24) is 24.4 Å². The number of aromatic nitrogens is 4. The highest BCUT2D eigenvalue weighted by atomic mass is 15.1. The highest BCUT2D eigenvalue weighted by molar-refractivity contribution is 5.80. The lowest BCUT2D eigenvalue weighted by Crippen LogP contribution is -2.24. The van der Waals surface area contributed by atoms with Gasteiger partial charge in [-0.05, 0) is 26.1 Å². The first-order valence-corrected chi connectivity index (χ1v) is 6.40. The van der Waals surface area contributed by atoms with Crippen molar-refractivity contribution in [3.8, 4) is 0 Å². The van der Waals surface area contributed by atoms with Crippen LogP contribution in [-0.2, 0) is 6.54 Å². The van der Waals surface area contributed by atoms with E-state index in [4.69, 9.17) is 5.73 Å². The molecule has 0 saturated carbocycles. The summed E-state index contributed by atoms with van der Waals surface area (Å²) in [5.41, 5.74) is 7.27. The molecule has 6 nitrogen and oxygen atoms in total. The van der Waals surface area contributed by atoms with Gasteiger partial charge in [-0.2, -0.15) is 0 Å². The molecule has 0 aliphatic heterocycles. The van der Waals surface area contributed by atoms with Crippen molar-refractivity contribution in [1.29, 1.82) is 0 Å². The van der Waals surface area contributed by atoms with E-state index >= 15 is 0 Å². The number of hydrogen-bond acceptors (Lipinski definition) is 5. The van der Waals surface area contributed by atoms with Gasteiger partial charge in [0.2, 0.25) is 0 Å². The van der Waals surface area contributed by atoms with E-state index in [1.165, 1.54) is 6.33 Å². The van der Waals surface area contributed by atoms with Crippen LogP contribution in [0.15, 0.2) is 12.7 Å². The molecule has 2 heterocycles. The van der Waals surface area contributed by atoms with E-state index in [0.717, 1.165) is 38.2 Å². The van der Waals surface area contributed by atoms with Crippen LogP contribution in [0.3, 0.4) is 0 Å². The third kappa shape index (κ3) is 2.59. The molecule has 0 aliphatic rings. The molecule has 0 aliphatic carbocycles. The lowest BCUT2D eigenvalue weighted by molar-refractivity contribution is 0.293. The molecular formula is C12H20N6. The van der Waals surface area contributed by atoms with Gasteiger partial charge < -0.3 is 15.2 Å². The molecule has 0 saturated heterocycles. The molecule has 0 unspecified atom stereocenters. The number of hydrogen-bond donors (Lipinski definition) is 1. The highest BCUT2D eigenvalue weighted by Gasteiger charge is 2.07. The predicted octanol–water partition coefficient (Wildman–Crippen LogP) is 1.14. The first-order valence-electron chi connectivity index (χ1n) is 6.40. The molecule has 2 N–H and O–H groups in total. The van der Waals surface area contributed by atoms with Gasteiger partial charge in [0, 0.05) is 6.54 Å². The zero-order valence-corrected chi connectivity index (χ0v) is 11.0. The Morgan fingerprint density at radius 1 is 1.22 bits per heavy atom. The summed E-state index contributed by atoms with van der Waals surface area (Å²) in [7, 11) is 0. The summed E-state index contributed by atoms with van der Waals surface area (Å²) in [4.78, 5) is 14.8. The van der Waals surface area contributed by atoms with Gasteiger partial charge in [0.15, 0.2) is 11.5 Å². The minimum atomic E-state index is 0.447. The molecule has 2 aromatic rings. The third-order valence-corrected chi connectivity index (χ3v) is 3.20. The van der Waals surface area contributed by atoms with E-state index in [-0.39, 0.29) is 0 Å². The van der Waals surface area contributed by atoms with Crippen LogP contribution < -0.4 is 5.73 Å². The lowest BCUT2D eigenvalue weighted by Gasteiger charge is -2.17. The first-order chi connectivity index (χ1) is 8.76. The van der Waals surface area contributed by atoms with E-state index in [2.05, 4.69) is 33.7 Å². The Morgan fingerprint density at radius 2 is 2.00 bits per heavy atom. The van der Waals surface area contributed by atoms with Crippen molar-refractivity contribution in [2.75, 3.05) is 25.4 Å². The van der Waals surface area contributed by atoms with E-state index in [9.17, 15) is 0 Å². The maximum atomic E-state index is 5.75. The third-order valence-electron chi connectivity index (χ3n) is 3.20. The normalized spacial score (nSPS) is 11.5. The maximum Gasteiger partial charge on any atom is 0.165 e. The fourth-order valence-corrected chi connectivity index (χ4v) is 2.07. The quantitative estimate of drug-likeness (QED) is 0.830. The van der Waals surface area contributed by atoms with Gasteiger partial charge in [-0.25, -0.2) is 15.0 Å². The van der Waals surface area contributed by atoms with E-state index in [1.807, 2.05) is 4.57 Å². The number of nitrogens with zero attached hydrogens (tertiary/aromatic N) is 5. The van der Waals surface area contributed by atoms with Crippen molar-refractivity contribution in [3.63, 3.8) is 0 Å². The average Bonchev–Trinajstić information content (AvgIpc) is 2.80. The molecule has 0 aromatic carbocycles. The predicted molar refractivity (Wildman–Crippen MR) is 72.1 cm³/mol. The Morgan fingerprint density at radius 3 is 2.72 bits per heavy atom. The Balaban J connectivity index is 2.02. The van der Waals surface area contributed by atoms with Gasteiger partial charge in [0.05, 0.1) is 6.33 Å². The largest absolute Gasteiger partial charge is 0.382 e. The van der Waals surface area contributed by atoms with Crippen molar-refractivity contribution in [2.45, 2.75) is 26.8 Å². The van der Waals surface area contributed by atoms with E-state index < -0.39 is 0 Å².